The third kappa shape index (κ3) is 17.4. The number of alkyl halides is 8. The molecule has 17 rings (SSSR count). The van der Waals surface area contributed by atoms with Crippen LogP contribution in [0.1, 0.15) is 125 Å². The van der Waals surface area contributed by atoms with Crippen molar-refractivity contribution >= 4 is 80.6 Å². The molecule has 6 aliphatic heterocycles. The van der Waals surface area contributed by atoms with Gasteiger partial charge in [-0.25, -0.2) is 39.7 Å². The molecular formula is C84H77F8N8O16S3+. The van der Waals surface area contributed by atoms with Gasteiger partial charge in [-0.05, 0) is 140 Å². The Bertz CT molecular complexity index is 6140. The van der Waals surface area contributed by atoms with Crippen molar-refractivity contribution in [1.82, 2.24) is 34.2 Å². The van der Waals surface area contributed by atoms with Gasteiger partial charge in [0, 0.05) is 67.1 Å². The molecule has 1 unspecified atom stereocenters. The number of benzene rings is 9. The zero-order chi connectivity index (χ0) is 84.2. The summed E-state index contributed by atoms with van der Waals surface area (Å²) in [5, 5.41) is 5.56. The first-order valence-corrected chi connectivity index (χ1v) is 42.9. The summed E-state index contributed by atoms with van der Waals surface area (Å²) >= 11 is 0. The van der Waals surface area contributed by atoms with Crippen LogP contribution in [-0.4, -0.2) is 117 Å². The van der Waals surface area contributed by atoms with E-state index in [4.69, 9.17) is 33.7 Å². The van der Waals surface area contributed by atoms with Gasteiger partial charge in [0.05, 0.1) is 72.7 Å². The van der Waals surface area contributed by atoms with Gasteiger partial charge >= 0.3 is 24.8 Å². The number of aromatic nitrogens is 4. The van der Waals surface area contributed by atoms with Crippen LogP contribution in [0.2, 0.25) is 0 Å². The first-order chi connectivity index (χ1) is 56.6. The minimum Gasteiger partial charge on any atom is -0.395 e. The summed E-state index contributed by atoms with van der Waals surface area (Å²) in [6.45, 7) is 7.52. The summed E-state index contributed by atoms with van der Waals surface area (Å²) in [6.07, 6.45) is -8.52. The van der Waals surface area contributed by atoms with Crippen LogP contribution in [0.15, 0.2) is 208 Å². The molecule has 2 N–H and O–H groups in total. The standard InChI is InChI=1S/C29H27F2N3O6S.C28H27F2N2O5S.C27H23F4N3O5S/c1-2-41(36,37)21-11-8-18(9-12-21)16-32-28(35)19-10-13-23-22(15-19)33-27(25-7-4-14-38-25)34(23)17-20-5-3-6-24-26(20)40-29(30,31)39-24;1-2-38(33,34)21-14-12-19(13-15-21)17-32(18-20-7-5-10-24-26(20)37-28(29,30)36-24)23-9-4-3-8-22(23)31-27(32)25-11-6-16-35-25;1-3-40(36,37)19-10-7-16(8-11-19)14-32-24(35)17-9-12-21-20(13-17)33-25(26(2,28)29)34(21)15-18-5-4-6-22-23(18)39-27(30,31)38-22/h3,5-6,8-13,15,25H,2,4,7,14,16-17H2,1H3,(H,32,35);3-5,7-10,12-15,25H,2,6,11,16-18H2,1H3;4-13H,3,14-15H2,1-2H3,(H,32,35)/q;+1;/t25-;25?,32-;/m10./s1. The Kier molecular flexibility index (Phi) is 22.4. The van der Waals surface area contributed by atoms with Crippen LogP contribution in [0.4, 0.5) is 46.5 Å². The fourth-order valence-electron chi connectivity index (χ4n) is 14.9. The largest absolute Gasteiger partial charge is 0.586 e. The van der Waals surface area contributed by atoms with Crippen LogP contribution in [0.5, 0.6) is 34.5 Å². The predicted molar refractivity (Wildman–Crippen MR) is 420 cm³/mol. The maximum atomic E-state index is 14.6. The van der Waals surface area contributed by atoms with Gasteiger partial charge in [0.25, 0.3) is 11.8 Å². The third-order valence-electron chi connectivity index (χ3n) is 20.9. The minimum atomic E-state index is -3.87. The number of carbonyl (C=O) groups excluding carboxylic acids is 2. The molecule has 9 aromatic carbocycles. The predicted octanol–water partition coefficient (Wildman–Crippen LogP) is 16.0. The second-order valence-electron chi connectivity index (χ2n) is 28.9. The number of fused-ring (bicyclic) bond motifs is 6. The third-order valence-corrected chi connectivity index (χ3v) is 26.1. The fraction of sp³-hybridized carbons (Fsp3) is 0.298. The number of nitrogens with one attached hydrogen (secondary N) is 2. The van der Waals surface area contributed by atoms with Gasteiger partial charge in [-0.2, -0.15) is 13.8 Å². The highest BCUT2D eigenvalue weighted by Gasteiger charge is 2.52. The molecule has 24 nitrogen and oxygen atoms in total. The van der Waals surface area contributed by atoms with Crippen molar-refractivity contribution in [2.45, 2.75) is 144 Å². The Balaban J connectivity index is 0.000000139. The van der Waals surface area contributed by atoms with Crippen LogP contribution in [0, 0.1) is 0 Å². The molecule has 0 radical (unpaired) electrons. The lowest BCUT2D eigenvalue weighted by Gasteiger charge is -2.37. The molecule has 11 aromatic rings. The zero-order valence-electron chi connectivity index (χ0n) is 64.1. The van der Waals surface area contributed by atoms with Crippen molar-refractivity contribution in [1.29, 1.82) is 0 Å². The summed E-state index contributed by atoms with van der Waals surface area (Å²) < 4.78 is 228. The molecule has 35 heteroatoms. The van der Waals surface area contributed by atoms with Crippen LogP contribution in [-0.2, 0) is 84.2 Å². The zero-order valence-corrected chi connectivity index (χ0v) is 66.6. The van der Waals surface area contributed by atoms with Crippen molar-refractivity contribution in [3.63, 3.8) is 0 Å². The van der Waals surface area contributed by atoms with Crippen molar-refractivity contribution in [2.75, 3.05) is 30.5 Å². The summed E-state index contributed by atoms with van der Waals surface area (Å²) in [4.78, 5) is 40.4. The van der Waals surface area contributed by atoms with Crippen LogP contribution >= 0.6 is 0 Å². The Morgan fingerprint density at radius 1 is 0.487 bits per heavy atom. The van der Waals surface area contributed by atoms with E-state index in [0.717, 1.165) is 54.0 Å². The van der Waals surface area contributed by atoms with E-state index in [-0.39, 0.29) is 144 Å². The van der Waals surface area contributed by atoms with E-state index in [0.29, 0.717) is 65.8 Å². The van der Waals surface area contributed by atoms with E-state index in [1.165, 1.54) is 77.4 Å². The number of aliphatic imine (C=N–C) groups is 1. The van der Waals surface area contributed by atoms with E-state index in [9.17, 15) is 70.0 Å². The number of halogens is 8. The summed E-state index contributed by atoms with van der Waals surface area (Å²) in [6, 6.07) is 50.4. The fourth-order valence-corrected chi connectivity index (χ4v) is 17.6. The number of nitrogens with zero attached hydrogens (tertiary/aromatic N) is 6. The van der Waals surface area contributed by atoms with Gasteiger partial charge in [0.2, 0.25) is 5.84 Å². The summed E-state index contributed by atoms with van der Waals surface area (Å²) in [5.74, 6) is -3.92. The van der Waals surface area contributed by atoms with E-state index < -0.39 is 66.0 Å². The average Bonchev–Trinajstić information content (AvgIpc) is 1.58. The quantitative estimate of drug-likeness (QED) is 0.0444. The van der Waals surface area contributed by atoms with Gasteiger partial charge < -0.3 is 57.7 Å². The van der Waals surface area contributed by atoms with Crippen molar-refractivity contribution in [3.05, 3.63) is 244 Å². The van der Waals surface area contributed by atoms with Crippen molar-refractivity contribution in [3.8, 4) is 34.5 Å². The summed E-state index contributed by atoms with van der Waals surface area (Å²) in [7, 11) is -9.99. The van der Waals surface area contributed by atoms with Gasteiger partial charge in [0.1, 0.15) is 30.7 Å². The molecule has 119 heavy (non-hydrogen) atoms. The van der Waals surface area contributed by atoms with E-state index in [2.05, 4.69) is 29.8 Å². The van der Waals surface area contributed by atoms with Crippen LogP contribution in [0.25, 0.3) is 22.1 Å². The number of quaternary nitrogens is 1. The normalized spacial score (nSPS) is 18.4. The molecule has 2 fully saturated rings. The number of para-hydroxylation sites is 5. The average molecular weight is 1700 g/mol. The second kappa shape index (κ2) is 32.3. The van der Waals surface area contributed by atoms with E-state index in [1.807, 2.05) is 28.8 Å². The molecule has 0 spiro atoms. The van der Waals surface area contributed by atoms with E-state index >= 15 is 0 Å². The molecule has 622 valence electrons. The molecule has 3 atom stereocenters. The smallest absolute Gasteiger partial charge is 0.395 e. The Labute approximate surface area is 677 Å². The van der Waals surface area contributed by atoms with Crippen molar-refractivity contribution in [2.24, 2.45) is 4.99 Å². The highest BCUT2D eigenvalue weighted by Crippen LogP contribution is 2.51. The monoisotopic (exact) mass is 1700 g/mol. The summed E-state index contributed by atoms with van der Waals surface area (Å²) in [5.41, 5.74) is 7.40. The van der Waals surface area contributed by atoms with Crippen LogP contribution < -0.4 is 43.5 Å². The number of carbonyl (C=O) groups is 2. The number of amides is 2. The molecule has 0 bridgehead atoms. The SMILES string of the molecule is CCS(=O)(=O)c1ccc(CNC(=O)c2ccc3c(c2)nc(C(C)(F)F)n3Cc2cccc3c2OC(F)(F)O3)cc1.CCS(=O)(=O)c1ccc(CNC(=O)c2ccc3c(c2)nc([C@H]2CCCO2)n3Cc2cccc3c2OC(F)(F)O3)cc1.CCS(=O)(=O)c1ccc(C[N@@+]2(Cc3cccc4c3OC(F)(F)O4)C(C3CCCO3)=Nc3ccccc32)cc1. The number of hydrogen-bond donors (Lipinski definition) is 2. The lowest BCUT2D eigenvalue weighted by atomic mass is 10.0. The first-order valence-electron chi connectivity index (χ1n) is 37.9. The van der Waals surface area contributed by atoms with Gasteiger partial charge in [-0.15, -0.1) is 26.3 Å². The number of sulfone groups is 3. The maximum absolute atomic E-state index is 14.6. The lowest BCUT2D eigenvalue weighted by molar-refractivity contribution is -0.287. The minimum absolute atomic E-state index is 0.00968. The number of hydrogen-bond acceptors (Lipinski definition) is 19. The van der Waals surface area contributed by atoms with E-state index in [1.54, 1.807) is 112 Å². The Morgan fingerprint density at radius 2 is 0.908 bits per heavy atom. The molecule has 2 amide bonds. The maximum Gasteiger partial charge on any atom is 0.586 e. The number of amidine groups is 1. The topological polar surface area (TPSA) is 282 Å². The lowest BCUT2D eigenvalue weighted by Crippen LogP contribution is -2.55. The van der Waals surface area contributed by atoms with Gasteiger partial charge in [-0.3, -0.25) is 9.59 Å². The molecule has 0 saturated carbocycles. The number of imidazole rings is 2. The Hall–Kier alpha value is -11.5. The Morgan fingerprint density at radius 3 is 1.36 bits per heavy atom. The van der Waals surface area contributed by atoms with Crippen LogP contribution in [0.3, 0.4) is 0 Å². The molecular weight excluding hydrogens is 1630 g/mol. The molecule has 2 aromatic heterocycles. The van der Waals surface area contributed by atoms with Gasteiger partial charge in [-0.1, -0.05) is 99.6 Å². The van der Waals surface area contributed by atoms with Gasteiger partial charge in [0.15, 0.2) is 81.6 Å². The number of rotatable bonds is 23. The highest BCUT2D eigenvalue weighted by molar-refractivity contribution is 7.92. The highest BCUT2D eigenvalue weighted by atomic mass is 32.2. The molecule has 8 heterocycles. The molecule has 2 saturated heterocycles. The second-order valence-corrected chi connectivity index (χ2v) is 35.7. The number of ether oxygens (including phenoxy) is 8. The molecule has 0 aliphatic carbocycles. The molecule has 6 aliphatic rings. The first kappa shape index (κ1) is 82.6. The van der Waals surface area contributed by atoms with Crippen molar-refractivity contribution < 1.29 is 108 Å².